The summed E-state index contributed by atoms with van der Waals surface area (Å²) < 4.78 is 0. The van der Waals surface area contributed by atoms with Gasteiger partial charge in [0.1, 0.15) is 0 Å². The fourth-order valence-electron chi connectivity index (χ4n) is 1.45. The Bertz CT molecular complexity index is 541. The second kappa shape index (κ2) is 9.03. The van der Waals surface area contributed by atoms with Crippen molar-refractivity contribution in [1.82, 2.24) is 4.98 Å². The molecule has 2 rings (SSSR count). The first-order valence-corrected chi connectivity index (χ1v) is 6.15. The van der Waals surface area contributed by atoms with Crippen LogP contribution in [0.3, 0.4) is 0 Å². The number of hydrogen-bond donors (Lipinski definition) is 2. The van der Waals surface area contributed by atoms with Gasteiger partial charge in [-0.25, -0.2) is 9.59 Å². The summed E-state index contributed by atoms with van der Waals surface area (Å²) in [5.41, 5.74) is 2.43. The quantitative estimate of drug-likeness (QED) is 0.842. The molecule has 5 heteroatoms. The Labute approximate surface area is 122 Å². The fraction of sp³-hybridized carbons (Fsp3) is 0.0625. The third kappa shape index (κ3) is 7.94. The number of hydrogen-bond acceptors (Lipinski definition) is 3. The average Bonchev–Trinajstić information content (AvgIpc) is 2.48. The largest absolute Gasteiger partial charge is 0.478 e. The second-order valence-electron chi connectivity index (χ2n) is 3.99. The third-order valence-corrected chi connectivity index (χ3v) is 2.32. The van der Waals surface area contributed by atoms with Gasteiger partial charge in [0.05, 0.1) is 0 Å². The molecule has 0 aliphatic carbocycles. The highest BCUT2D eigenvalue weighted by Gasteiger charge is 1.94. The van der Waals surface area contributed by atoms with E-state index in [1.807, 2.05) is 30.5 Å². The Morgan fingerprint density at radius 3 is 1.95 bits per heavy atom. The van der Waals surface area contributed by atoms with Gasteiger partial charge in [-0.1, -0.05) is 36.4 Å². The van der Waals surface area contributed by atoms with Crippen molar-refractivity contribution in [3.63, 3.8) is 0 Å². The molecule has 5 nitrogen and oxygen atoms in total. The van der Waals surface area contributed by atoms with E-state index in [1.54, 1.807) is 0 Å². The zero-order valence-electron chi connectivity index (χ0n) is 11.2. The highest BCUT2D eigenvalue weighted by molar-refractivity contribution is 5.89. The molecule has 0 atom stereocenters. The first-order valence-electron chi connectivity index (χ1n) is 6.15. The summed E-state index contributed by atoms with van der Waals surface area (Å²) >= 11 is 0. The number of aliphatic carboxylic acids is 2. The molecule has 108 valence electrons. The van der Waals surface area contributed by atoms with Crippen LogP contribution in [0.5, 0.6) is 0 Å². The molecule has 2 aromatic rings. The first-order chi connectivity index (χ1) is 10.1. The Morgan fingerprint density at radius 1 is 0.905 bits per heavy atom. The maximum absolute atomic E-state index is 9.55. The van der Waals surface area contributed by atoms with Crippen LogP contribution in [0.1, 0.15) is 11.3 Å². The third-order valence-electron chi connectivity index (χ3n) is 2.32. The molecule has 1 aromatic carbocycles. The van der Waals surface area contributed by atoms with E-state index >= 15 is 0 Å². The molecule has 0 amide bonds. The van der Waals surface area contributed by atoms with E-state index < -0.39 is 11.9 Å². The van der Waals surface area contributed by atoms with Crippen molar-refractivity contribution in [3.8, 4) is 0 Å². The van der Waals surface area contributed by atoms with Gasteiger partial charge in [0.2, 0.25) is 0 Å². The van der Waals surface area contributed by atoms with Gasteiger partial charge < -0.3 is 10.2 Å². The lowest BCUT2D eigenvalue weighted by molar-refractivity contribution is -0.134. The van der Waals surface area contributed by atoms with Crippen LogP contribution < -0.4 is 0 Å². The van der Waals surface area contributed by atoms with Gasteiger partial charge in [0, 0.05) is 30.5 Å². The molecular formula is C16H15NO4. The van der Waals surface area contributed by atoms with Crippen LogP contribution in [0.2, 0.25) is 0 Å². The normalized spacial score (nSPS) is 9.71. The van der Waals surface area contributed by atoms with E-state index in [4.69, 9.17) is 10.2 Å². The van der Waals surface area contributed by atoms with E-state index in [0.29, 0.717) is 12.2 Å². The molecule has 0 aliphatic heterocycles. The number of rotatable bonds is 4. The molecule has 0 radical (unpaired) electrons. The van der Waals surface area contributed by atoms with Gasteiger partial charge in [-0.15, -0.1) is 0 Å². The summed E-state index contributed by atoms with van der Waals surface area (Å²) in [5.74, 6) is -2.51. The van der Waals surface area contributed by atoms with E-state index in [0.717, 1.165) is 12.1 Å². The minimum absolute atomic E-state index is 0.558. The Kier molecular flexibility index (Phi) is 6.93. The van der Waals surface area contributed by atoms with Crippen molar-refractivity contribution in [3.05, 3.63) is 78.1 Å². The first kappa shape index (κ1) is 16.1. The van der Waals surface area contributed by atoms with Crippen molar-refractivity contribution in [2.45, 2.75) is 6.42 Å². The molecule has 21 heavy (non-hydrogen) atoms. The summed E-state index contributed by atoms with van der Waals surface area (Å²) in [6, 6.07) is 16.4. The van der Waals surface area contributed by atoms with E-state index in [9.17, 15) is 9.59 Å². The Balaban J connectivity index is 0.000000240. The van der Waals surface area contributed by atoms with Crippen LogP contribution in [0, 0.1) is 0 Å². The monoisotopic (exact) mass is 285 g/mol. The molecule has 1 aromatic heterocycles. The summed E-state index contributed by atoms with van der Waals surface area (Å²) in [6.45, 7) is 0. The van der Waals surface area contributed by atoms with Crippen LogP contribution in [-0.4, -0.2) is 27.1 Å². The predicted molar refractivity (Wildman–Crippen MR) is 77.9 cm³/mol. The SMILES string of the molecule is O=C(O)/C=C\C(=O)O.c1ccc(Cc2ccccn2)cc1. The number of pyridine rings is 1. The number of nitrogens with zero attached hydrogens (tertiary/aromatic N) is 1. The van der Waals surface area contributed by atoms with Crippen LogP contribution >= 0.6 is 0 Å². The summed E-state index contributed by atoms with van der Waals surface area (Å²) in [4.78, 5) is 23.4. The topological polar surface area (TPSA) is 87.5 Å². The van der Waals surface area contributed by atoms with Crippen molar-refractivity contribution < 1.29 is 19.8 Å². The molecule has 2 N–H and O–H groups in total. The van der Waals surface area contributed by atoms with E-state index in [-0.39, 0.29) is 0 Å². The van der Waals surface area contributed by atoms with Crippen molar-refractivity contribution >= 4 is 11.9 Å². The average molecular weight is 285 g/mol. The van der Waals surface area contributed by atoms with Gasteiger partial charge in [0.15, 0.2) is 0 Å². The lowest BCUT2D eigenvalue weighted by Crippen LogP contribution is -1.91. The summed E-state index contributed by atoms with van der Waals surface area (Å²) in [7, 11) is 0. The second-order valence-corrected chi connectivity index (χ2v) is 3.99. The molecule has 0 bridgehead atoms. The molecular weight excluding hydrogens is 270 g/mol. The predicted octanol–water partition coefficient (Wildman–Crippen LogP) is 2.38. The zero-order chi connectivity index (χ0) is 15.5. The van der Waals surface area contributed by atoms with Crippen LogP contribution in [-0.2, 0) is 16.0 Å². The molecule has 0 saturated heterocycles. The van der Waals surface area contributed by atoms with Gasteiger partial charge in [-0.3, -0.25) is 4.98 Å². The molecule has 0 fully saturated rings. The van der Waals surface area contributed by atoms with Crippen molar-refractivity contribution in [2.75, 3.05) is 0 Å². The number of carboxylic acids is 2. The highest BCUT2D eigenvalue weighted by Crippen LogP contribution is 2.05. The Hall–Kier alpha value is -2.95. The highest BCUT2D eigenvalue weighted by atomic mass is 16.4. The maximum atomic E-state index is 9.55. The standard InChI is InChI=1S/C12H11N.C4H4O4/c1-2-6-11(7-3-1)10-12-8-4-5-9-13-12;5-3(6)1-2-4(7)8/h1-9H,10H2;1-2H,(H,5,6)(H,7,8)/b;2-1-. The van der Waals surface area contributed by atoms with Crippen LogP contribution in [0.25, 0.3) is 0 Å². The lowest BCUT2D eigenvalue weighted by Gasteiger charge is -1.99. The van der Waals surface area contributed by atoms with Crippen molar-refractivity contribution in [2.24, 2.45) is 0 Å². The van der Waals surface area contributed by atoms with Crippen LogP contribution in [0.15, 0.2) is 66.9 Å². The molecule has 1 heterocycles. The Morgan fingerprint density at radius 2 is 1.48 bits per heavy atom. The number of benzene rings is 1. The molecule has 0 spiro atoms. The summed E-state index contributed by atoms with van der Waals surface area (Å²) in [6.07, 6.45) is 3.87. The van der Waals surface area contributed by atoms with Gasteiger partial charge in [-0.2, -0.15) is 0 Å². The zero-order valence-corrected chi connectivity index (χ0v) is 11.2. The molecule has 0 unspecified atom stereocenters. The lowest BCUT2D eigenvalue weighted by atomic mass is 10.1. The van der Waals surface area contributed by atoms with E-state index in [2.05, 4.69) is 29.2 Å². The van der Waals surface area contributed by atoms with Gasteiger partial charge >= 0.3 is 11.9 Å². The number of aromatic nitrogens is 1. The molecule has 0 aliphatic rings. The number of carboxylic acid groups (broad SMARTS) is 2. The maximum Gasteiger partial charge on any atom is 0.328 e. The fourth-order valence-corrected chi connectivity index (χ4v) is 1.45. The summed E-state index contributed by atoms with van der Waals surface area (Å²) in [5, 5.41) is 15.6. The van der Waals surface area contributed by atoms with Gasteiger partial charge in [0.25, 0.3) is 0 Å². The molecule has 0 saturated carbocycles. The smallest absolute Gasteiger partial charge is 0.328 e. The minimum atomic E-state index is -1.26. The van der Waals surface area contributed by atoms with Crippen molar-refractivity contribution in [1.29, 1.82) is 0 Å². The van der Waals surface area contributed by atoms with Crippen LogP contribution in [0.4, 0.5) is 0 Å². The van der Waals surface area contributed by atoms with Gasteiger partial charge in [-0.05, 0) is 17.7 Å². The number of carbonyl (C=O) groups is 2. The minimum Gasteiger partial charge on any atom is -0.478 e. The van der Waals surface area contributed by atoms with E-state index in [1.165, 1.54) is 5.56 Å².